The Morgan fingerprint density at radius 3 is 2.38 bits per heavy atom. The highest BCUT2D eigenvalue weighted by Gasteiger charge is 2.27. The first-order chi connectivity index (χ1) is 11.9. The molecule has 1 aliphatic carbocycles. The fourth-order valence-corrected chi connectivity index (χ4v) is 3.34. The van der Waals surface area contributed by atoms with Crippen molar-refractivity contribution in [3.63, 3.8) is 0 Å². The first-order valence-electron chi connectivity index (χ1n) is 9.79. The van der Waals surface area contributed by atoms with Gasteiger partial charge in [-0.15, -0.1) is 24.0 Å². The molecule has 1 saturated carbocycles. The summed E-state index contributed by atoms with van der Waals surface area (Å²) in [5, 5.41) is 9.49. The number of nitrogens with zero attached hydrogens (tertiary/aromatic N) is 1. The van der Waals surface area contributed by atoms with E-state index in [2.05, 4.69) is 27.9 Å². The van der Waals surface area contributed by atoms with Gasteiger partial charge in [-0.05, 0) is 52.9 Å². The SMILES string of the molecule is CCNC(=O)C(C)(C)CNC(=NC)NCCC(OCC)C1CCCC1.I. The molecule has 0 saturated heterocycles. The molecule has 0 spiro atoms. The van der Waals surface area contributed by atoms with Gasteiger partial charge in [0.2, 0.25) is 5.91 Å². The van der Waals surface area contributed by atoms with E-state index in [1.807, 2.05) is 20.8 Å². The maximum Gasteiger partial charge on any atom is 0.227 e. The minimum Gasteiger partial charge on any atom is -0.378 e. The molecule has 0 radical (unpaired) electrons. The number of guanidine groups is 1. The highest BCUT2D eigenvalue weighted by atomic mass is 127. The van der Waals surface area contributed by atoms with Crippen molar-refractivity contribution in [3.05, 3.63) is 0 Å². The molecule has 0 aromatic carbocycles. The number of hydrogen-bond acceptors (Lipinski definition) is 3. The minimum atomic E-state index is -0.481. The van der Waals surface area contributed by atoms with Crippen molar-refractivity contribution in [1.82, 2.24) is 16.0 Å². The number of halogens is 1. The lowest BCUT2D eigenvalue weighted by atomic mass is 9.92. The van der Waals surface area contributed by atoms with E-state index in [0.717, 1.165) is 25.5 Å². The van der Waals surface area contributed by atoms with Gasteiger partial charge in [-0.1, -0.05) is 12.8 Å². The zero-order valence-corrected chi connectivity index (χ0v) is 19.5. The standard InChI is InChI=1S/C19H38N4O2.HI/c1-6-21-17(24)19(3,4)14-23-18(20-5)22-13-12-16(25-7-2)15-10-8-9-11-15;/h15-16H,6-14H2,1-5H3,(H,21,24)(H2,20,22,23);1H. The van der Waals surface area contributed by atoms with Crippen molar-refractivity contribution < 1.29 is 9.53 Å². The predicted molar refractivity (Wildman–Crippen MR) is 119 cm³/mol. The summed E-state index contributed by atoms with van der Waals surface area (Å²) in [4.78, 5) is 16.3. The van der Waals surface area contributed by atoms with Gasteiger partial charge < -0.3 is 20.7 Å². The topological polar surface area (TPSA) is 74.8 Å². The fourth-order valence-electron chi connectivity index (χ4n) is 3.34. The summed E-state index contributed by atoms with van der Waals surface area (Å²) < 4.78 is 5.96. The summed E-state index contributed by atoms with van der Waals surface area (Å²) in [6.45, 7) is 10.6. The van der Waals surface area contributed by atoms with Crippen LogP contribution in [0.15, 0.2) is 4.99 Å². The predicted octanol–water partition coefficient (Wildman–Crippen LogP) is 2.92. The van der Waals surface area contributed by atoms with Gasteiger partial charge in [0.05, 0.1) is 11.5 Å². The van der Waals surface area contributed by atoms with Crippen molar-refractivity contribution >= 4 is 35.8 Å². The van der Waals surface area contributed by atoms with Crippen molar-refractivity contribution in [3.8, 4) is 0 Å². The number of carbonyl (C=O) groups excluding carboxylic acids is 1. The Balaban J connectivity index is 0.00000625. The second-order valence-electron chi connectivity index (χ2n) is 7.42. The van der Waals surface area contributed by atoms with E-state index in [4.69, 9.17) is 4.74 Å². The van der Waals surface area contributed by atoms with Crippen LogP contribution in [0.1, 0.15) is 59.8 Å². The zero-order valence-electron chi connectivity index (χ0n) is 17.2. The molecular weight excluding hydrogens is 443 g/mol. The minimum absolute atomic E-state index is 0. The molecule has 3 N–H and O–H groups in total. The molecule has 0 aromatic heterocycles. The third kappa shape index (κ3) is 8.88. The lowest BCUT2D eigenvalue weighted by molar-refractivity contribution is -0.128. The summed E-state index contributed by atoms with van der Waals surface area (Å²) in [5.74, 6) is 1.49. The van der Waals surface area contributed by atoms with Crippen molar-refractivity contribution in [1.29, 1.82) is 0 Å². The maximum atomic E-state index is 12.1. The molecule has 154 valence electrons. The molecule has 0 heterocycles. The summed E-state index contributed by atoms with van der Waals surface area (Å²) in [7, 11) is 1.76. The normalized spacial score (nSPS) is 16.7. The zero-order chi connectivity index (χ0) is 18.7. The van der Waals surface area contributed by atoms with Crippen LogP contribution in [-0.2, 0) is 9.53 Å². The third-order valence-corrected chi connectivity index (χ3v) is 4.90. The summed E-state index contributed by atoms with van der Waals surface area (Å²) in [5.41, 5.74) is -0.481. The molecule has 6 nitrogen and oxygen atoms in total. The van der Waals surface area contributed by atoms with Gasteiger partial charge >= 0.3 is 0 Å². The number of hydrogen-bond donors (Lipinski definition) is 3. The quantitative estimate of drug-likeness (QED) is 0.254. The lowest BCUT2D eigenvalue weighted by Crippen LogP contribution is -2.48. The average Bonchev–Trinajstić information content (AvgIpc) is 3.11. The Morgan fingerprint density at radius 1 is 1.19 bits per heavy atom. The highest BCUT2D eigenvalue weighted by molar-refractivity contribution is 14.0. The Kier molecular flexibility index (Phi) is 13.3. The molecule has 1 atom stereocenters. The van der Waals surface area contributed by atoms with Crippen LogP contribution in [0.2, 0.25) is 0 Å². The third-order valence-electron chi connectivity index (χ3n) is 4.90. The fraction of sp³-hybridized carbons (Fsp3) is 0.895. The van der Waals surface area contributed by atoms with E-state index in [0.29, 0.717) is 25.1 Å². The molecule has 0 aromatic rings. The first kappa shape index (κ1) is 25.4. The Labute approximate surface area is 176 Å². The van der Waals surface area contributed by atoms with Crippen LogP contribution in [0.25, 0.3) is 0 Å². The van der Waals surface area contributed by atoms with Gasteiger partial charge in [0.1, 0.15) is 0 Å². The van der Waals surface area contributed by atoms with Gasteiger partial charge in [0.15, 0.2) is 5.96 Å². The Bertz CT molecular complexity index is 424. The van der Waals surface area contributed by atoms with Crippen LogP contribution in [-0.4, -0.2) is 51.3 Å². The average molecular weight is 482 g/mol. The van der Waals surface area contributed by atoms with Gasteiger partial charge in [0.25, 0.3) is 0 Å². The molecule has 1 aliphatic rings. The first-order valence-corrected chi connectivity index (χ1v) is 9.79. The largest absolute Gasteiger partial charge is 0.378 e. The Hall–Kier alpha value is -0.570. The number of ether oxygens (including phenoxy) is 1. The summed E-state index contributed by atoms with van der Waals surface area (Å²) in [6, 6.07) is 0. The van der Waals surface area contributed by atoms with E-state index < -0.39 is 5.41 Å². The van der Waals surface area contributed by atoms with Crippen molar-refractivity contribution in [2.45, 2.75) is 65.9 Å². The molecule has 0 bridgehead atoms. The van der Waals surface area contributed by atoms with E-state index in [1.54, 1.807) is 7.05 Å². The van der Waals surface area contributed by atoms with Crippen LogP contribution in [0.5, 0.6) is 0 Å². The highest BCUT2D eigenvalue weighted by Crippen LogP contribution is 2.30. The van der Waals surface area contributed by atoms with Crippen LogP contribution in [0.3, 0.4) is 0 Å². The summed E-state index contributed by atoms with van der Waals surface area (Å²) in [6.07, 6.45) is 6.57. The van der Waals surface area contributed by atoms with E-state index in [-0.39, 0.29) is 29.9 Å². The van der Waals surface area contributed by atoms with E-state index >= 15 is 0 Å². The maximum absolute atomic E-state index is 12.1. The smallest absolute Gasteiger partial charge is 0.227 e. The van der Waals surface area contributed by atoms with Crippen molar-refractivity contribution in [2.75, 3.05) is 33.3 Å². The molecule has 1 unspecified atom stereocenters. The molecule has 1 fully saturated rings. The van der Waals surface area contributed by atoms with Crippen LogP contribution in [0, 0.1) is 11.3 Å². The number of carbonyl (C=O) groups is 1. The monoisotopic (exact) mass is 482 g/mol. The van der Waals surface area contributed by atoms with E-state index in [9.17, 15) is 4.79 Å². The molecule has 26 heavy (non-hydrogen) atoms. The number of amides is 1. The molecule has 1 rings (SSSR count). The van der Waals surface area contributed by atoms with Crippen LogP contribution < -0.4 is 16.0 Å². The molecule has 1 amide bonds. The summed E-state index contributed by atoms with van der Waals surface area (Å²) >= 11 is 0. The van der Waals surface area contributed by atoms with Crippen molar-refractivity contribution in [2.24, 2.45) is 16.3 Å². The van der Waals surface area contributed by atoms with Crippen LogP contribution >= 0.6 is 24.0 Å². The number of aliphatic imine (C=N–C) groups is 1. The van der Waals surface area contributed by atoms with Crippen LogP contribution in [0.4, 0.5) is 0 Å². The second kappa shape index (κ2) is 13.6. The van der Waals surface area contributed by atoms with Gasteiger partial charge in [-0.3, -0.25) is 9.79 Å². The molecule has 7 heteroatoms. The van der Waals surface area contributed by atoms with Gasteiger partial charge in [0, 0.05) is 33.3 Å². The van der Waals surface area contributed by atoms with Gasteiger partial charge in [-0.2, -0.15) is 0 Å². The number of nitrogens with one attached hydrogen (secondary N) is 3. The van der Waals surface area contributed by atoms with E-state index in [1.165, 1.54) is 25.7 Å². The molecular formula is C19H39IN4O2. The Morgan fingerprint density at radius 2 is 1.85 bits per heavy atom. The lowest BCUT2D eigenvalue weighted by Gasteiger charge is -2.26. The number of rotatable bonds is 10. The second-order valence-corrected chi connectivity index (χ2v) is 7.42. The molecule has 0 aliphatic heterocycles. The van der Waals surface area contributed by atoms with Gasteiger partial charge in [-0.25, -0.2) is 0 Å².